The summed E-state index contributed by atoms with van der Waals surface area (Å²) < 4.78 is 54.4. The Balaban J connectivity index is 1.71. The van der Waals surface area contributed by atoms with Gasteiger partial charge < -0.3 is 10.3 Å². The Morgan fingerprint density at radius 3 is 2.71 bits per heavy atom. The summed E-state index contributed by atoms with van der Waals surface area (Å²) in [5.74, 6) is -3.33. The molecule has 2 heterocycles. The second-order valence-corrected chi connectivity index (χ2v) is 8.50. The lowest BCUT2D eigenvalue weighted by Gasteiger charge is -2.23. The van der Waals surface area contributed by atoms with Crippen LogP contribution >= 0.6 is 0 Å². The summed E-state index contributed by atoms with van der Waals surface area (Å²) in [6.45, 7) is 0. The van der Waals surface area contributed by atoms with Gasteiger partial charge in [0.05, 0.1) is 23.8 Å². The van der Waals surface area contributed by atoms with Gasteiger partial charge in [0, 0.05) is 17.6 Å². The van der Waals surface area contributed by atoms with E-state index in [4.69, 9.17) is 0 Å². The molecule has 146 valence electrons. The number of nitrogens with zero attached hydrogens (tertiary/aromatic N) is 2. The van der Waals surface area contributed by atoms with Gasteiger partial charge in [-0.15, -0.1) is 0 Å². The first kappa shape index (κ1) is 18.4. The molecule has 0 unspecified atom stereocenters. The van der Waals surface area contributed by atoms with E-state index in [1.165, 1.54) is 6.20 Å². The van der Waals surface area contributed by atoms with Crippen molar-refractivity contribution in [1.82, 2.24) is 9.97 Å². The molecule has 0 saturated heterocycles. The Bertz CT molecular complexity index is 1190. The van der Waals surface area contributed by atoms with Crippen molar-refractivity contribution in [3.63, 3.8) is 0 Å². The van der Waals surface area contributed by atoms with Crippen LogP contribution in [0.3, 0.4) is 0 Å². The molecule has 4 rings (SSSR count). The van der Waals surface area contributed by atoms with Crippen LogP contribution in [-0.2, 0) is 10.0 Å². The first-order valence-electron chi connectivity index (χ1n) is 8.47. The van der Waals surface area contributed by atoms with Crippen molar-refractivity contribution in [2.24, 2.45) is 0 Å². The van der Waals surface area contributed by atoms with E-state index < -0.39 is 33.1 Å². The van der Waals surface area contributed by atoms with Crippen LogP contribution in [0.1, 0.15) is 23.2 Å². The first-order valence-corrected chi connectivity index (χ1v) is 10.3. The molecule has 2 aromatic heterocycles. The minimum atomic E-state index is -3.78. The summed E-state index contributed by atoms with van der Waals surface area (Å²) in [7, 11) is -3.78. The molecule has 3 aromatic rings. The van der Waals surface area contributed by atoms with Gasteiger partial charge in [-0.2, -0.15) is 0 Å². The van der Waals surface area contributed by atoms with Gasteiger partial charge in [-0.05, 0) is 37.1 Å². The van der Waals surface area contributed by atoms with Crippen LogP contribution in [0.4, 0.5) is 20.2 Å². The highest BCUT2D eigenvalue weighted by atomic mass is 32.2. The number of H-pyrrole nitrogens is 1. The quantitative estimate of drug-likeness (QED) is 0.681. The number of benzene rings is 1. The van der Waals surface area contributed by atoms with E-state index in [1.807, 2.05) is 0 Å². The van der Waals surface area contributed by atoms with Gasteiger partial charge in [0.1, 0.15) is 17.0 Å². The van der Waals surface area contributed by atoms with Crippen molar-refractivity contribution in [2.75, 3.05) is 15.9 Å². The van der Waals surface area contributed by atoms with Crippen molar-refractivity contribution >= 4 is 38.3 Å². The molecule has 7 nitrogen and oxygen atoms in total. The lowest BCUT2D eigenvalue weighted by molar-refractivity contribution is 0.101. The smallest absolute Gasteiger partial charge is 0.261 e. The number of amides is 1. The number of fused-ring (bicyclic) bond motifs is 1. The van der Waals surface area contributed by atoms with Crippen molar-refractivity contribution in [2.45, 2.75) is 18.9 Å². The second kappa shape index (κ2) is 6.55. The molecule has 1 amide bonds. The van der Waals surface area contributed by atoms with Gasteiger partial charge >= 0.3 is 0 Å². The van der Waals surface area contributed by atoms with Crippen LogP contribution in [0.5, 0.6) is 0 Å². The third-order valence-corrected chi connectivity index (χ3v) is 5.64. The second-order valence-electron chi connectivity index (χ2n) is 6.64. The number of halogens is 2. The number of carbonyl (C=O) groups excluding carboxylic acids is 1. The molecule has 1 aromatic carbocycles. The van der Waals surface area contributed by atoms with Crippen LogP contribution in [0.25, 0.3) is 11.0 Å². The molecule has 28 heavy (non-hydrogen) atoms. The molecule has 2 N–H and O–H groups in total. The molecule has 1 aliphatic rings. The van der Waals surface area contributed by atoms with Gasteiger partial charge in [0.15, 0.2) is 5.82 Å². The van der Waals surface area contributed by atoms with Gasteiger partial charge in [-0.3, -0.25) is 9.10 Å². The Morgan fingerprint density at radius 1 is 1.29 bits per heavy atom. The molecule has 10 heteroatoms. The van der Waals surface area contributed by atoms with Gasteiger partial charge in [0.25, 0.3) is 5.91 Å². The Morgan fingerprint density at radius 2 is 2.04 bits per heavy atom. The van der Waals surface area contributed by atoms with Crippen molar-refractivity contribution in [3.05, 3.63) is 53.9 Å². The van der Waals surface area contributed by atoms with Crippen molar-refractivity contribution < 1.29 is 22.0 Å². The summed E-state index contributed by atoms with van der Waals surface area (Å²) in [5.41, 5.74) is -0.328. The monoisotopic (exact) mass is 406 g/mol. The molecule has 1 saturated carbocycles. The SMILES string of the molecule is CS(=O)(=O)N(c1ccc(F)c(C(=O)Nc2cnc3[nH]ccc3c2)c1F)C1CC1. The number of anilines is 2. The third-order valence-electron chi connectivity index (χ3n) is 4.43. The third kappa shape index (κ3) is 3.31. The number of nitrogens with one attached hydrogen (secondary N) is 2. The molecule has 0 atom stereocenters. The fourth-order valence-corrected chi connectivity index (χ4v) is 4.33. The summed E-state index contributed by atoms with van der Waals surface area (Å²) >= 11 is 0. The van der Waals surface area contributed by atoms with E-state index in [-0.39, 0.29) is 17.4 Å². The number of carbonyl (C=O) groups is 1. The van der Waals surface area contributed by atoms with E-state index in [2.05, 4.69) is 15.3 Å². The van der Waals surface area contributed by atoms with Gasteiger partial charge in [-0.1, -0.05) is 0 Å². The normalized spacial score (nSPS) is 14.2. The minimum absolute atomic E-state index is 0.253. The van der Waals surface area contributed by atoms with E-state index in [9.17, 15) is 17.6 Å². The molecule has 1 aliphatic carbocycles. The molecular weight excluding hydrogens is 390 g/mol. The molecule has 0 spiro atoms. The zero-order chi connectivity index (χ0) is 20.1. The van der Waals surface area contributed by atoms with E-state index in [0.29, 0.717) is 23.9 Å². The highest BCUT2D eigenvalue weighted by Gasteiger charge is 2.38. The Labute approximate surface area is 159 Å². The number of sulfonamides is 1. The fraction of sp³-hybridized carbons (Fsp3) is 0.222. The highest BCUT2D eigenvalue weighted by Crippen LogP contribution is 2.36. The summed E-state index contributed by atoms with van der Waals surface area (Å²) in [5, 5.41) is 3.12. The summed E-state index contributed by atoms with van der Waals surface area (Å²) in [4.78, 5) is 19.5. The van der Waals surface area contributed by atoms with E-state index in [1.54, 1.807) is 18.3 Å². The maximum absolute atomic E-state index is 15.0. The highest BCUT2D eigenvalue weighted by molar-refractivity contribution is 7.92. The molecule has 0 radical (unpaired) electrons. The largest absolute Gasteiger partial charge is 0.346 e. The maximum Gasteiger partial charge on any atom is 0.261 e. The average molecular weight is 406 g/mol. The predicted molar refractivity (Wildman–Crippen MR) is 101 cm³/mol. The molecule has 1 fully saturated rings. The number of aromatic nitrogens is 2. The Kier molecular flexibility index (Phi) is 4.30. The minimum Gasteiger partial charge on any atom is -0.346 e. The van der Waals surface area contributed by atoms with Crippen LogP contribution in [0, 0.1) is 11.6 Å². The zero-order valence-corrected chi connectivity index (χ0v) is 15.6. The van der Waals surface area contributed by atoms with Crippen LogP contribution in [0.15, 0.2) is 36.7 Å². The number of aromatic amines is 1. The number of rotatable bonds is 5. The summed E-state index contributed by atoms with van der Waals surface area (Å²) in [6, 6.07) is 4.88. The predicted octanol–water partition coefficient (Wildman–Crippen LogP) is 3.02. The van der Waals surface area contributed by atoms with Crippen LogP contribution in [-0.4, -0.2) is 36.6 Å². The number of hydrogen-bond donors (Lipinski definition) is 2. The van der Waals surface area contributed by atoms with Gasteiger partial charge in [0.2, 0.25) is 10.0 Å². The van der Waals surface area contributed by atoms with Gasteiger partial charge in [-0.25, -0.2) is 22.2 Å². The summed E-state index contributed by atoms with van der Waals surface area (Å²) in [6.07, 6.45) is 5.13. The van der Waals surface area contributed by atoms with Crippen LogP contribution in [0.2, 0.25) is 0 Å². The molecular formula is C18H16F2N4O3S. The zero-order valence-electron chi connectivity index (χ0n) is 14.7. The van der Waals surface area contributed by atoms with Crippen molar-refractivity contribution in [3.8, 4) is 0 Å². The Hall–Kier alpha value is -3.01. The topological polar surface area (TPSA) is 95.2 Å². The standard InChI is InChI=1S/C18H16F2N4O3S/c1-28(26,27)24(12-2-3-12)14-5-4-13(19)15(16(14)20)18(25)23-11-8-10-6-7-21-17(10)22-9-11/h4-9,12H,2-3H2,1H3,(H,21,22)(H,23,25). The number of hydrogen-bond acceptors (Lipinski definition) is 4. The number of pyridine rings is 1. The van der Waals surface area contributed by atoms with E-state index >= 15 is 4.39 Å². The first-order chi connectivity index (χ1) is 13.3. The molecule has 0 aliphatic heterocycles. The lowest BCUT2D eigenvalue weighted by atomic mass is 10.1. The molecule has 0 bridgehead atoms. The lowest BCUT2D eigenvalue weighted by Crippen LogP contribution is -2.33. The maximum atomic E-state index is 15.0. The van der Waals surface area contributed by atoms with Crippen LogP contribution < -0.4 is 9.62 Å². The average Bonchev–Trinajstić information content (AvgIpc) is 3.32. The fourth-order valence-electron chi connectivity index (χ4n) is 3.08. The van der Waals surface area contributed by atoms with Crippen molar-refractivity contribution in [1.29, 1.82) is 0 Å². The van der Waals surface area contributed by atoms with E-state index in [0.717, 1.165) is 22.7 Å².